The number of fused-ring (bicyclic) bond motifs is 1. The molecule has 0 aromatic heterocycles. The van der Waals surface area contributed by atoms with Crippen molar-refractivity contribution in [1.82, 2.24) is 0 Å². The third-order valence-corrected chi connectivity index (χ3v) is 4.98. The maximum atomic E-state index is 4.74. The molecule has 2 aromatic rings. The van der Waals surface area contributed by atoms with Crippen LogP contribution in [-0.2, 0) is 6.42 Å². The molecule has 0 N–H and O–H groups in total. The van der Waals surface area contributed by atoms with Gasteiger partial charge in [0, 0.05) is 30.2 Å². The average molecular weight is 491 g/mol. The molecule has 4 heteroatoms. The molecule has 1 aliphatic rings. The van der Waals surface area contributed by atoms with Gasteiger partial charge in [-0.3, -0.25) is 4.99 Å². The van der Waals surface area contributed by atoms with Gasteiger partial charge in [0.05, 0.1) is 5.71 Å². The van der Waals surface area contributed by atoms with Gasteiger partial charge in [-0.25, -0.2) is 0 Å². The van der Waals surface area contributed by atoms with E-state index >= 15 is 0 Å². The highest BCUT2D eigenvalue weighted by Crippen LogP contribution is 2.31. The van der Waals surface area contributed by atoms with E-state index in [1.54, 1.807) is 0 Å². The molecule has 0 unspecified atom stereocenters. The molecule has 1 nitrogen and oxygen atoms in total. The van der Waals surface area contributed by atoms with E-state index in [0.717, 1.165) is 27.6 Å². The monoisotopic (exact) mass is 489 g/mol. The van der Waals surface area contributed by atoms with Gasteiger partial charge >= 0.3 is 0 Å². The molecule has 96 valence electrons. The summed E-state index contributed by atoms with van der Waals surface area (Å²) in [7, 11) is 0. The van der Waals surface area contributed by atoms with Crippen LogP contribution in [0.3, 0.4) is 0 Å². The fourth-order valence-corrected chi connectivity index (χ4v) is 4.28. The third-order valence-electron chi connectivity index (χ3n) is 3.15. The molecule has 1 heterocycles. The lowest BCUT2D eigenvalue weighted by Crippen LogP contribution is -2.15. The highest BCUT2D eigenvalue weighted by atomic mass is 127. The van der Waals surface area contributed by atoms with Crippen molar-refractivity contribution in [2.75, 3.05) is 6.54 Å². The molecule has 3 rings (SSSR count). The molecular weight excluding hydrogens is 481 g/mol. The Morgan fingerprint density at radius 2 is 1.95 bits per heavy atom. The molecule has 0 amide bonds. The Kier molecular flexibility index (Phi) is 4.10. The molecule has 1 aliphatic heterocycles. The smallest absolute Gasteiger partial charge is 0.0722 e. The molecule has 2 aromatic carbocycles. The molecule has 0 aliphatic carbocycles. The number of aliphatic imine (C=N–C) groups is 1. The van der Waals surface area contributed by atoms with Crippen molar-refractivity contribution < 1.29 is 0 Å². The van der Waals surface area contributed by atoms with Crippen LogP contribution in [0.4, 0.5) is 0 Å². The van der Waals surface area contributed by atoms with E-state index in [1.807, 2.05) is 0 Å². The summed E-state index contributed by atoms with van der Waals surface area (Å²) in [6.07, 6.45) is 0.997. The number of benzene rings is 2. The summed E-state index contributed by atoms with van der Waals surface area (Å²) < 4.78 is 3.48. The zero-order valence-corrected chi connectivity index (χ0v) is 15.3. The maximum absolute atomic E-state index is 4.74. The van der Waals surface area contributed by atoms with E-state index in [1.165, 1.54) is 20.3 Å². The van der Waals surface area contributed by atoms with Gasteiger partial charge in [-0.05, 0) is 58.8 Å². The first kappa shape index (κ1) is 13.8. The minimum Gasteiger partial charge on any atom is -0.284 e. The van der Waals surface area contributed by atoms with Gasteiger partial charge in [0.2, 0.25) is 0 Å². The number of halogens is 3. The largest absolute Gasteiger partial charge is 0.284 e. The minimum atomic E-state index is 0.855. The number of hydrogen-bond donors (Lipinski definition) is 0. The quantitative estimate of drug-likeness (QED) is 0.487. The first-order chi connectivity index (χ1) is 9.15. The number of nitrogens with zero attached hydrogens (tertiary/aromatic N) is 1. The van der Waals surface area contributed by atoms with Crippen LogP contribution in [0.15, 0.2) is 50.3 Å². The fraction of sp³-hybridized carbons (Fsp3) is 0.133. The predicted octanol–water partition coefficient (Wildman–Crippen LogP) is 5.21. The molecule has 0 atom stereocenters. The van der Waals surface area contributed by atoms with Crippen LogP contribution in [0.2, 0.25) is 0 Å². The van der Waals surface area contributed by atoms with Crippen molar-refractivity contribution in [3.05, 3.63) is 65.6 Å². The first-order valence-electron chi connectivity index (χ1n) is 5.94. The Morgan fingerprint density at radius 1 is 1.11 bits per heavy atom. The normalized spacial score (nSPS) is 13.9. The highest BCUT2D eigenvalue weighted by molar-refractivity contribution is 14.1. The van der Waals surface area contributed by atoms with Crippen LogP contribution < -0.4 is 0 Å². The van der Waals surface area contributed by atoms with Gasteiger partial charge in [-0.1, -0.05) is 44.0 Å². The van der Waals surface area contributed by atoms with Gasteiger partial charge in [-0.2, -0.15) is 0 Å². The zero-order valence-electron chi connectivity index (χ0n) is 9.96. The lowest BCUT2D eigenvalue weighted by atomic mass is 9.93. The molecule has 0 saturated heterocycles. The molecule has 0 saturated carbocycles. The lowest BCUT2D eigenvalue weighted by molar-refractivity contribution is 0.937. The van der Waals surface area contributed by atoms with Gasteiger partial charge in [0.15, 0.2) is 0 Å². The summed E-state index contributed by atoms with van der Waals surface area (Å²) >= 11 is 9.57. The summed E-state index contributed by atoms with van der Waals surface area (Å²) in [6.45, 7) is 0.855. The highest BCUT2D eigenvalue weighted by Gasteiger charge is 2.18. The summed E-state index contributed by atoms with van der Waals surface area (Å²) in [6, 6.07) is 12.8. The Balaban J connectivity index is 2.18. The van der Waals surface area contributed by atoms with E-state index < -0.39 is 0 Å². The van der Waals surface area contributed by atoms with Crippen molar-refractivity contribution in [1.29, 1.82) is 0 Å². The van der Waals surface area contributed by atoms with Crippen molar-refractivity contribution in [2.45, 2.75) is 6.42 Å². The molecule has 0 radical (unpaired) electrons. The Morgan fingerprint density at radius 3 is 2.74 bits per heavy atom. The average Bonchev–Trinajstić information content (AvgIpc) is 2.38. The predicted molar refractivity (Wildman–Crippen MR) is 95.2 cm³/mol. The van der Waals surface area contributed by atoms with E-state index in [-0.39, 0.29) is 0 Å². The summed E-state index contributed by atoms with van der Waals surface area (Å²) in [4.78, 5) is 4.74. The minimum absolute atomic E-state index is 0.855. The van der Waals surface area contributed by atoms with Crippen molar-refractivity contribution in [3.63, 3.8) is 0 Å². The zero-order chi connectivity index (χ0) is 13.4. The Labute approximate surface area is 142 Å². The maximum Gasteiger partial charge on any atom is 0.0722 e. The van der Waals surface area contributed by atoms with Crippen LogP contribution in [0.25, 0.3) is 0 Å². The summed E-state index contributed by atoms with van der Waals surface area (Å²) in [5, 5.41) is 0. The standard InChI is InChI=1S/C15H10Br2IN/c16-10-7-13-12(14(17)8-10)4-5-19-15(13)9-2-1-3-11(18)6-9/h1-3,6-8H,4-5H2. The van der Waals surface area contributed by atoms with Gasteiger partial charge in [-0.15, -0.1) is 0 Å². The van der Waals surface area contributed by atoms with E-state index in [0.29, 0.717) is 0 Å². The lowest BCUT2D eigenvalue weighted by Gasteiger charge is -2.19. The van der Waals surface area contributed by atoms with Crippen LogP contribution in [-0.4, -0.2) is 12.3 Å². The number of rotatable bonds is 1. The van der Waals surface area contributed by atoms with Crippen LogP contribution in [0, 0.1) is 3.57 Å². The Hall–Kier alpha value is -0.200. The summed E-state index contributed by atoms with van der Waals surface area (Å²) in [5.74, 6) is 0. The molecular formula is C15H10Br2IN. The van der Waals surface area contributed by atoms with Crippen LogP contribution in [0.5, 0.6) is 0 Å². The first-order valence-corrected chi connectivity index (χ1v) is 8.60. The topological polar surface area (TPSA) is 12.4 Å². The van der Waals surface area contributed by atoms with Gasteiger partial charge < -0.3 is 0 Å². The molecule has 0 fully saturated rings. The van der Waals surface area contributed by atoms with E-state index in [2.05, 4.69) is 90.8 Å². The number of hydrogen-bond acceptors (Lipinski definition) is 1. The van der Waals surface area contributed by atoms with Crippen molar-refractivity contribution in [3.8, 4) is 0 Å². The molecule has 0 bridgehead atoms. The van der Waals surface area contributed by atoms with Gasteiger partial charge in [0.1, 0.15) is 0 Å². The summed E-state index contributed by atoms with van der Waals surface area (Å²) in [5.41, 5.74) is 4.88. The second kappa shape index (κ2) is 5.66. The van der Waals surface area contributed by atoms with E-state index in [9.17, 15) is 0 Å². The fourth-order valence-electron chi connectivity index (χ4n) is 2.32. The molecule has 0 spiro atoms. The van der Waals surface area contributed by atoms with E-state index in [4.69, 9.17) is 4.99 Å². The second-order valence-corrected chi connectivity index (χ2v) is 7.42. The molecule has 19 heavy (non-hydrogen) atoms. The Bertz CT molecular complexity index is 680. The van der Waals surface area contributed by atoms with Crippen molar-refractivity contribution in [2.24, 2.45) is 4.99 Å². The second-order valence-electron chi connectivity index (χ2n) is 4.40. The van der Waals surface area contributed by atoms with Crippen LogP contribution in [0.1, 0.15) is 16.7 Å². The van der Waals surface area contributed by atoms with Crippen molar-refractivity contribution >= 4 is 60.2 Å². The third kappa shape index (κ3) is 2.81. The SMILES string of the molecule is Brc1cc(Br)c2c(c1)C(c1cccc(I)c1)=NCC2. The van der Waals surface area contributed by atoms with Crippen LogP contribution >= 0.6 is 54.5 Å². The van der Waals surface area contributed by atoms with Gasteiger partial charge in [0.25, 0.3) is 0 Å².